The quantitative estimate of drug-likeness (QED) is 0.471. The molecule has 0 aliphatic carbocycles. The van der Waals surface area contributed by atoms with Crippen LogP contribution in [0, 0.1) is 0 Å². The molecular formula is C24H31NO6S. The van der Waals surface area contributed by atoms with Crippen LogP contribution in [-0.2, 0) is 31.0 Å². The molecule has 0 saturated carbocycles. The Morgan fingerprint density at radius 1 is 0.969 bits per heavy atom. The van der Waals surface area contributed by atoms with Crippen LogP contribution in [0.15, 0.2) is 59.5 Å². The first-order valence-corrected chi connectivity index (χ1v) is 11.9. The summed E-state index contributed by atoms with van der Waals surface area (Å²) in [6.07, 6.45) is 0.544. The molecule has 0 bridgehead atoms. The van der Waals surface area contributed by atoms with Crippen LogP contribution >= 0.6 is 0 Å². The van der Waals surface area contributed by atoms with Crippen molar-refractivity contribution in [3.63, 3.8) is 0 Å². The minimum absolute atomic E-state index is 0.0351. The number of Topliss-reactive ketones (excluding diaryl/α,β-unsaturated/α-hetero) is 1. The van der Waals surface area contributed by atoms with E-state index in [1.54, 1.807) is 32.9 Å². The third-order valence-electron chi connectivity index (χ3n) is 4.37. The molecule has 0 aromatic heterocycles. The molecule has 0 amide bonds. The van der Waals surface area contributed by atoms with Gasteiger partial charge < -0.3 is 14.3 Å². The van der Waals surface area contributed by atoms with Gasteiger partial charge >= 0.3 is 5.97 Å². The normalized spacial score (nSPS) is 11.9. The minimum Gasteiger partial charge on any atom is -0.489 e. The van der Waals surface area contributed by atoms with Gasteiger partial charge in [-0.3, -0.25) is 4.79 Å². The lowest BCUT2D eigenvalue weighted by Crippen LogP contribution is -2.39. The monoisotopic (exact) mass is 461 g/mol. The summed E-state index contributed by atoms with van der Waals surface area (Å²) in [5, 5.41) is 0. The zero-order valence-electron chi connectivity index (χ0n) is 19.0. The standard InChI is InChI=1S/C24H31NO6S/c1-19(26)9-8-16-25(17-23(27)31-24(2,3)4)32(28,29)22-14-12-21(13-15-22)30-18-20-10-6-5-7-11-20/h5-7,10-15H,8-9,16-18H2,1-4H3. The smallest absolute Gasteiger partial charge is 0.321 e. The molecule has 0 radical (unpaired) electrons. The van der Waals surface area contributed by atoms with Crippen LogP contribution in [0.4, 0.5) is 0 Å². The topological polar surface area (TPSA) is 90.0 Å². The van der Waals surface area contributed by atoms with Crippen molar-refractivity contribution in [2.45, 2.75) is 57.6 Å². The van der Waals surface area contributed by atoms with Gasteiger partial charge in [0, 0.05) is 13.0 Å². The molecule has 0 aliphatic heterocycles. The Hall–Kier alpha value is -2.71. The first-order chi connectivity index (χ1) is 15.0. The number of sulfonamides is 1. The molecule has 0 aliphatic rings. The molecule has 2 aromatic carbocycles. The molecule has 2 aromatic rings. The van der Waals surface area contributed by atoms with E-state index in [1.165, 1.54) is 19.1 Å². The average Bonchev–Trinajstić information content (AvgIpc) is 2.71. The van der Waals surface area contributed by atoms with E-state index in [0.717, 1.165) is 9.87 Å². The van der Waals surface area contributed by atoms with Gasteiger partial charge in [0.2, 0.25) is 10.0 Å². The summed E-state index contributed by atoms with van der Waals surface area (Å²) in [4.78, 5) is 23.6. The van der Waals surface area contributed by atoms with Crippen molar-refractivity contribution in [3.8, 4) is 5.75 Å². The summed E-state index contributed by atoms with van der Waals surface area (Å²) in [5.74, 6) is -0.158. The Kier molecular flexibility index (Phi) is 8.98. The molecule has 174 valence electrons. The maximum Gasteiger partial charge on any atom is 0.321 e. The lowest BCUT2D eigenvalue weighted by atomic mass is 10.2. The number of hydrogen-bond acceptors (Lipinski definition) is 6. The van der Waals surface area contributed by atoms with Crippen LogP contribution in [0.1, 0.15) is 46.1 Å². The third kappa shape index (κ3) is 8.43. The Bertz CT molecular complexity index is 995. The summed E-state index contributed by atoms with van der Waals surface area (Å²) in [6.45, 7) is 6.57. The van der Waals surface area contributed by atoms with Gasteiger partial charge in [0.15, 0.2) is 0 Å². The number of hydrogen-bond donors (Lipinski definition) is 0. The van der Waals surface area contributed by atoms with Crippen molar-refractivity contribution < 1.29 is 27.5 Å². The lowest BCUT2D eigenvalue weighted by Gasteiger charge is -2.25. The number of ether oxygens (including phenoxy) is 2. The first-order valence-electron chi connectivity index (χ1n) is 10.5. The van der Waals surface area contributed by atoms with Crippen LogP contribution in [0.25, 0.3) is 0 Å². The van der Waals surface area contributed by atoms with Gasteiger partial charge in [-0.15, -0.1) is 0 Å². The first kappa shape index (κ1) is 25.5. The van der Waals surface area contributed by atoms with Gasteiger partial charge in [0.05, 0.1) is 4.90 Å². The van der Waals surface area contributed by atoms with E-state index < -0.39 is 28.1 Å². The van der Waals surface area contributed by atoms with Gasteiger partial charge in [-0.05, 0) is 63.9 Å². The summed E-state index contributed by atoms with van der Waals surface area (Å²) in [6, 6.07) is 15.7. The molecule has 2 rings (SSSR count). The third-order valence-corrected chi connectivity index (χ3v) is 6.23. The highest BCUT2D eigenvalue weighted by Crippen LogP contribution is 2.21. The van der Waals surface area contributed by atoms with Gasteiger partial charge in [-0.25, -0.2) is 8.42 Å². The Morgan fingerprint density at radius 2 is 1.59 bits per heavy atom. The van der Waals surface area contributed by atoms with Crippen LogP contribution in [0.2, 0.25) is 0 Å². The van der Waals surface area contributed by atoms with Gasteiger partial charge in [-0.2, -0.15) is 4.31 Å². The largest absolute Gasteiger partial charge is 0.489 e. The molecule has 0 spiro atoms. The zero-order chi connectivity index (χ0) is 23.8. The highest BCUT2D eigenvalue weighted by molar-refractivity contribution is 7.89. The SMILES string of the molecule is CC(=O)CCCN(CC(=O)OC(C)(C)C)S(=O)(=O)c1ccc(OCc2ccccc2)cc1. The fourth-order valence-electron chi connectivity index (χ4n) is 2.90. The van der Waals surface area contributed by atoms with Gasteiger partial charge in [0.1, 0.15) is 30.3 Å². The molecule has 32 heavy (non-hydrogen) atoms. The summed E-state index contributed by atoms with van der Waals surface area (Å²) < 4.78 is 38.4. The van der Waals surface area contributed by atoms with E-state index in [-0.39, 0.29) is 23.6 Å². The summed E-state index contributed by atoms with van der Waals surface area (Å²) in [7, 11) is -3.97. The molecule has 0 N–H and O–H groups in total. The molecule has 0 unspecified atom stereocenters. The van der Waals surface area contributed by atoms with E-state index in [4.69, 9.17) is 9.47 Å². The molecule has 7 nitrogen and oxygen atoms in total. The van der Waals surface area contributed by atoms with E-state index in [2.05, 4.69) is 0 Å². The van der Waals surface area contributed by atoms with E-state index in [0.29, 0.717) is 18.8 Å². The maximum absolute atomic E-state index is 13.2. The zero-order valence-corrected chi connectivity index (χ0v) is 19.9. The van der Waals surface area contributed by atoms with Gasteiger partial charge in [-0.1, -0.05) is 30.3 Å². The minimum atomic E-state index is -3.97. The second kappa shape index (κ2) is 11.2. The Balaban J connectivity index is 2.13. The van der Waals surface area contributed by atoms with Gasteiger partial charge in [0.25, 0.3) is 0 Å². The van der Waals surface area contributed by atoms with Crippen LogP contribution in [0.5, 0.6) is 5.75 Å². The van der Waals surface area contributed by atoms with Crippen molar-refractivity contribution in [1.82, 2.24) is 4.31 Å². The Morgan fingerprint density at radius 3 is 2.16 bits per heavy atom. The van der Waals surface area contributed by atoms with Crippen molar-refractivity contribution >= 4 is 21.8 Å². The van der Waals surface area contributed by atoms with Crippen LogP contribution in [0.3, 0.4) is 0 Å². The highest BCUT2D eigenvalue weighted by atomic mass is 32.2. The highest BCUT2D eigenvalue weighted by Gasteiger charge is 2.28. The fraction of sp³-hybridized carbons (Fsp3) is 0.417. The van der Waals surface area contributed by atoms with Crippen molar-refractivity contribution in [1.29, 1.82) is 0 Å². The number of benzene rings is 2. The van der Waals surface area contributed by atoms with E-state index in [1.807, 2.05) is 30.3 Å². The van der Waals surface area contributed by atoms with E-state index >= 15 is 0 Å². The maximum atomic E-state index is 13.2. The van der Waals surface area contributed by atoms with Crippen LogP contribution in [-0.4, -0.2) is 43.2 Å². The summed E-state index contributed by atoms with van der Waals surface area (Å²) in [5.41, 5.74) is 0.266. The molecule has 0 fully saturated rings. The number of esters is 1. The fourth-order valence-corrected chi connectivity index (χ4v) is 4.33. The van der Waals surface area contributed by atoms with Crippen molar-refractivity contribution in [3.05, 3.63) is 60.2 Å². The molecule has 0 atom stereocenters. The van der Waals surface area contributed by atoms with Crippen molar-refractivity contribution in [2.75, 3.05) is 13.1 Å². The molecular weight excluding hydrogens is 430 g/mol. The number of ketones is 1. The number of rotatable bonds is 11. The predicted molar refractivity (Wildman–Crippen MR) is 122 cm³/mol. The van der Waals surface area contributed by atoms with Crippen LogP contribution < -0.4 is 4.74 Å². The van der Waals surface area contributed by atoms with Crippen molar-refractivity contribution in [2.24, 2.45) is 0 Å². The Labute approximate surface area is 190 Å². The number of carbonyl (C=O) groups is 2. The molecule has 0 heterocycles. The number of carbonyl (C=O) groups excluding carboxylic acids is 2. The average molecular weight is 462 g/mol. The number of nitrogens with zero attached hydrogens (tertiary/aromatic N) is 1. The lowest BCUT2D eigenvalue weighted by molar-refractivity contribution is -0.154. The second-order valence-corrected chi connectivity index (χ2v) is 10.4. The molecule has 8 heteroatoms. The second-order valence-electron chi connectivity index (χ2n) is 8.48. The van der Waals surface area contributed by atoms with E-state index in [9.17, 15) is 18.0 Å². The predicted octanol–water partition coefficient (Wildman–Crippen LogP) is 3.97. The summed E-state index contributed by atoms with van der Waals surface area (Å²) >= 11 is 0. The molecule has 0 saturated heterocycles.